The van der Waals surface area contributed by atoms with Crippen LogP contribution in [0.25, 0.3) is 5.57 Å². The van der Waals surface area contributed by atoms with Gasteiger partial charge in [-0.15, -0.1) is 0 Å². The summed E-state index contributed by atoms with van der Waals surface area (Å²) in [5.74, 6) is 0.0815. The van der Waals surface area contributed by atoms with E-state index in [9.17, 15) is 4.79 Å². The molecule has 2 rings (SSSR count). The van der Waals surface area contributed by atoms with Gasteiger partial charge in [0.05, 0.1) is 4.91 Å². The van der Waals surface area contributed by atoms with E-state index in [0.29, 0.717) is 0 Å². The van der Waals surface area contributed by atoms with Crippen LogP contribution in [-0.2, 0) is 4.79 Å². The number of nitrogen functional groups attached to an aromatic ring is 1. The number of anilines is 1. The maximum absolute atomic E-state index is 12.9. The van der Waals surface area contributed by atoms with Crippen LogP contribution in [-0.4, -0.2) is 29.1 Å². The average molecular weight is 346 g/mol. The molecule has 130 valence electrons. The summed E-state index contributed by atoms with van der Waals surface area (Å²) in [7, 11) is 0. The second-order valence-electron chi connectivity index (χ2n) is 6.01. The second-order valence-corrected chi connectivity index (χ2v) is 6.98. The minimum absolute atomic E-state index is 0.0815. The highest BCUT2D eigenvalue weighted by Crippen LogP contribution is 2.36. The fourth-order valence-electron chi connectivity index (χ4n) is 2.46. The summed E-state index contributed by atoms with van der Waals surface area (Å²) in [5.41, 5.74) is 8.51. The Labute approximate surface area is 149 Å². The Morgan fingerprint density at radius 3 is 2.46 bits per heavy atom. The summed E-state index contributed by atoms with van der Waals surface area (Å²) < 4.78 is 0. The minimum Gasteiger partial charge on any atom is -0.399 e. The lowest BCUT2D eigenvalue weighted by Crippen LogP contribution is -2.30. The number of nitrogens with zero attached hydrogens (tertiary/aromatic N) is 2. The number of amidine groups is 1. The van der Waals surface area contributed by atoms with Crippen LogP contribution in [0, 0.1) is 0 Å². The van der Waals surface area contributed by atoms with Gasteiger partial charge in [0.2, 0.25) is 0 Å². The van der Waals surface area contributed by atoms with E-state index in [2.05, 4.69) is 18.8 Å². The van der Waals surface area contributed by atoms with E-state index in [1.807, 2.05) is 36.1 Å². The van der Waals surface area contributed by atoms with E-state index >= 15 is 0 Å². The standard InChI is InChI=1S/C19H27N3OS/c1-4-6-12-21-19-22(13-7-5-2)18(23)17(24-19)14(3)15-8-10-16(20)11-9-15/h8-11H,4-7,12-13,20H2,1-3H3/b17-14-,21-19?. The molecule has 0 atom stereocenters. The summed E-state index contributed by atoms with van der Waals surface area (Å²) in [6.07, 6.45) is 4.22. The van der Waals surface area contributed by atoms with Gasteiger partial charge in [-0.2, -0.15) is 0 Å². The number of aliphatic imine (C=N–C) groups is 1. The monoisotopic (exact) mass is 345 g/mol. The highest BCUT2D eigenvalue weighted by Gasteiger charge is 2.34. The first-order valence-electron chi connectivity index (χ1n) is 8.69. The molecule has 0 radical (unpaired) electrons. The number of carbonyl (C=O) groups excluding carboxylic acids is 1. The Hall–Kier alpha value is -1.75. The molecule has 1 heterocycles. The van der Waals surface area contributed by atoms with Crippen molar-refractivity contribution in [2.45, 2.75) is 46.5 Å². The molecule has 0 spiro atoms. The molecule has 1 fully saturated rings. The molecule has 0 saturated carbocycles. The zero-order chi connectivity index (χ0) is 17.5. The maximum Gasteiger partial charge on any atom is 0.267 e. The normalized spacial score (nSPS) is 18.5. The third kappa shape index (κ3) is 4.41. The highest BCUT2D eigenvalue weighted by molar-refractivity contribution is 8.18. The maximum atomic E-state index is 12.9. The zero-order valence-electron chi connectivity index (χ0n) is 14.8. The molecule has 1 aromatic carbocycles. The fourth-order valence-corrected chi connectivity index (χ4v) is 3.56. The molecule has 0 aromatic heterocycles. The number of hydrogen-bond donors (Lipinski definition) is 1. The quantitative estimate of drug-likeness (QED) is 0.449. The molecule has 5 heteroatoms. The van der Waals surface area contributed by atoms with Crippen molar-refractivity contribution in [2.24, 2.45) is 4.99 Å². The Morgan fingerprint density at radius 1 is 1.17 bits per heavy atom. The van der Waals surface area contributed by atoms with Gasteiger partial charge >= 0.3 is 0 Å². The largest absolute Gasteiger partial charge is 0.399 e. The first-order valence-corrected chi connectivity index (χ1v) is 9.51. The number of amides is 1. The molecule has 1 aliphatic rings. The van der Waals surface area contributed by atoms with E-state index in [-0.39, 0.29) is 5.91 Å². The van der Waals surface area contributed by atoms with Gasteiger partial charge in [-0.3, -0.25) is 14.7 Å². The van der Waals surface area contributed by atoms with E-state index in [1.54, 1.807) is 0 Å². The van der Waals surface area contributed by atoms with Crippen molar-refractivity contribution >= 4 is 34.1 Å². The van der Waals surface area contributed by atoms with Crippen molar-refractivity contribution in [3.05, 3.63) is 34.7 Å². The molecule has 4 nitrogen and oxygen atoms in total. The van der Waals surface area contributed by atoms with Crippen molar-refractivity contribution in [2.75, 3.05) is 18.8 Å². The lowest BCUT2D eigenvalue weighted by atomic mass is 10.1. The van der Waals surface area contributed by atoms with E-state index in [4.69, 9.17) is 5.73 Å². The van der Waals surface area contributed by atoms with E-state index in [1.165, 1.54) is 11.8 Å². The SMILES string of the molecule is CCCCN=C1S/C(=C(/C)c2ccc(N)cc2)C(=O)N1CCCC. The third-order valence-electron chi connectivity index (χ3n) is 4.04. The van der Waals surface area contributed by atoms with Crippen LogP contribution in [0.5, 0.6) is 0 Å². The van der Waals surface area contributed by atoms with Crippen LogP contribution in [0.2, 0.25) is 0 Å². The highest BCUT2D eigenvalue weighted by atomic mass is 32.2. The van der Waals surface area contributed by atoms with Crippen LogP contribution in [0.1, 0.15) is 52.0 Å². The number of allylic oxidation sites excluding steroid dienone is 1. The van der Waals surface area contributed by atoms with Gasteiger partial charge in [-0.25, -0.2) is 0 Å². The predicted octanol–water partition coefficient (Wildman–Crippen LogP) is 4.53. The number of nitrogens with two attached hydrogens (primary N) is 1. The third-order valence-corrected chi connectivity index (χ3v) is 5.26. The van der Waals surface area contributed by atoms with Gasteiger partial charge in [-0.05, 0) is 54.8 Å². The first-order chi connectivity index (χ1) is 11.6. The second kappa shape index (κ2) is 8.92. The molecular formula is C19H27N3OS. The van der Waals surface area contributed by atoms with Gasteiger partial charge in [0.15, 0.2) is 5.17 Å². The number of hydrogen-bond acceptors (Lipinski definition) is 4. The van der Waals surface area contributed by atoms with Crippen molar-refractivity contribution in [1.29, 1.82) is 0 Å². The Morgan fingerprint density at radius 2 is 1.83 bits per heavy atom. The number of thioether (sulfide) groups is 1. The predicted molar refractivity (Wildman–Crippen MR) is 105 cm³/mol. The number of benzene rings is 1. The van der Waals surface area contributed by atoms with Crippen molar-refractivity contribution in [3.8, 4) is 0 Å². The summed E-state index contributed by atoms with van der Waals surface area (Å²) >= 11 is 1.51. The summed E-state index contributed by atoms with van der Waals surface area (Å²) in [5, 5.41) is 0.853. The number of carbonyl (C=O) groups is 1. The summed E-state index contributed by atoms with van der Waals surface area (Å²) in [6, 6.07) is 7.67. The molecular weight excluding hydrogens is 318 g/mol. The van der Waals surface area contributed by atoms with Crippen molar-refractivity contribution < 1.29 is 4.79 Å². The Balaban J connectivity index is 2.30. The molecule has 1 saturated heterocycles. The molecule has 0 aliphatic carbocycles. The van der Waals surface area contributed by atoms with Crippen LogP contribution < -0.4 is 5.73 Å². The summed E-state index contributed by atoms with van der Waals surface area (Å²) in [4.78, 5) is 20.2. The fraction of sp³-hybridized carbons (Fsp3) is 0.474. The minimum atomic E-state index is 0.0815. The van der Waals surface area contributed by atoms with Crippen LogP contribution >= 0.6 is 11.8 Å². The number of rotatable bonds is 7. The van der Waals surface area contributed by atoms with Gasteiger partial charge in [0.1, 0.15) is 0 Å². The molecule has 2 N–H and O–H groups in total. The Bertz CT molecular complexity index is 635. The zero-order valence-corrected chi connectivity index (χ0v) is 15.7. The summed E-state index contributed by atoms with van der Waals surface area (Å²) in [6.45, 7) is 7.81. The van der Waals surface area contributed by atoms with Gasteiger partial charge < -0.3 is 5.73 Å². The van der Waals surface area contributed by atoms with E-state index in [0.717, 1.165) is 65.7 Å². The lowest BCUT2D eigenvalue weighted by molar-refractivity contribution is -0.122. The van der Waals surface area contributed by atoms with Crippen molar-refractivity contribution in [3.63, 3.8) is 0 Å². The number of unbranched alkanes of at least 4 members (excludes halogenated alkanes) is 2. The molecule has 0 bridgehead atoms. The van der Waals surface area contributed by atoms with E-state index < -0.39 is 0 Å². The molecule has 0 unspecified atom stereocenters. The van der Waals surface area contributed by atoms with Crippen molar-refractivity contribution in [1.82, 2.24) is 4.90 Å². The molecule has 1 aromatic rings. The topological polar surface area (TPSA) is 58.7 Å². The molecule has 1 amide bonds. The molecule has 1 aliphatic heterocycles. The molecule has 24 heavy (non-hydrogen) atoms. The Kier molecular flexibility index (Phi) is 6.91. The van der Waals surface area contributed by atoms with Gasteiger partial charge in [0, 0.05) is 18.8 Å². The average Bonchev–Trinajstić information content (AvgIpc) is 2.89. The van der Waals surface area contributed by atoms with Gasteiger partial charge in [-0.1, -0.05) is 38.8 Å². The smallest absolute Gasteiger partial charge is 0.267 e. The van der Waals surface area contributed by atoms with Crippen LogP contribution in [0.3, 0.4) is 0 Å². The lowest BCUT2D eigenvalue weighted by Gasteiger charge is -2.15. The first kappa shape index (κ1) is 18.6. The van der Waals surface area contributed by atoms with Crippen LogP contribution in [0.15, 0.2) is 34.2 Å². The van der Waals surface area contributed by atoms with Crippen LogP contribution in [0.4, 0.5) is 5.69 Å². The van der Waals surface area contributed by atoms with Gasteiger partial charge in [0.25, 0.3) is 5.91 Å².